The van der Waals surface area contributed by atoms with Crippen LogP contribution in [0.15, 0.2) is 5.29 Å². The fraction of sp³-hybridized carbons (Fsp3) is 1.00. The van der Waals surface area contributed by atoms with E-state index in [1.54, 1.807) is 11.8 Å². The molecule has 0 aromatic rings. The number of hydrogen-bond donors (Lipinski definition) is 2. The van der Waals surface area contributed by atoms with Crippen molar-refractivity contribution in [3.05, 3.63) is 4.91 Å². The molecule has 1 aliphatic heterocycles. The van der Waals surface area contributed by atoms with E-state index in [9.17, 15) is 4.91 Å². The molecular weight excluding hydrogens is 126 g/mol. The van der Waals surface area contributed by atoms with Gasteiger partial charge in [0.25, 0.3) is 0 Å². The highest BCUT2D eigenvalue weighted by Crippen LogP contribution is 2.09. The van der Waals surface area contributed by atoms with Crippen LogP contribution in [0.25, 0.3) is 0 Å². The first kappa shape index (κ1) is 5.84. The maximum absolute atomic E-state index is 9.55. The summed E-state index contributed by atoms with van der Waals surface area (Å²) in [6.45, 7) is 0.956. The minimum absolute atomic E-state index is 0.0486. The van der Waals surface area contributed by atoms with Gasteiger partial charge in [-0.2, -0.15) is 0 Å². The Balaban J connectivity index is 2.14. The molecule has 1 saturated heterocycles. The van der Waals surface area contributed by atoms with E-state index in [0.29, 0.717) is 0 Å². The van der Waals surface area contributed by atoms with Gasteiger partial charge in [0.1, 0.15) is 5.50 Å². The third-order valence-corrected chi connectivity index (χ3v) is 1.93. The van der Waals surface area contributed by atoms with Crippen molar-refractivity contribution < 1.29 is 0 Å². The molecular formula is C3H7N3OS. The Morgan fingerprint density at radius 3 is 3.25 bits per heavy atom. The molecule has 0 saturated carbocycles. The molecule has 1 aliphatic rings. The summed E-state index contributed by atoms with van der Waals surface area (Å²) in [6, 6.07) is 0. The van der Waals surface area contributed by atoms with Crippen LogP contribution in [-0.4, -0.2) is 17.8 Å². The van der Waals surface area contributed by atoms with E-state index in [-0.39, 0.29) is 5.50 Å². The van der Waals surface area contributed by atoms with E-state index in [1.807, 2.05) is 0 Å². The Morgan fingerprint density at radius 1 is 1.88 bits per heavy atom. The molecule has 1 fully saturated rings. The van der Waals surface area contributed by atoms with Crippen LogP contribution in [0, 0.1) is 4.91 Å². The molecule has 0 aromatic carbocycles. The summed E-state index contributed by atoms with van der Waals surface area (Å²) >= 11 is 1.65. The lowest BCUT2D eigenvalue weighted by Gasteiger charge is -2.02. The van der Waals surface area contributed by atoms with Gasteiger partial charge < -0.3 is 0 Å². The molecule has 1 atom stereocenters. The van der Waals surface area contributed by atoms with Gasteiger partial charge in [0.05, 0.1) is 5.29 Å². The molecule has 5 heteroatoms. The van der Waals surface area contributed by atoms with Gasteiger partial charge in [-0.05, 0) is 0 Å². The van der Waals surface area contributed by atoms with Crippen LogP contribution in [0.3, 0.4) is 0 Å². The first-order chi connectivity index (χ1) is 3.93. The Kier molecular flexibility index (Phi) is 2.11. The lowest BCUT2D eigenvalue weighted by Crippen LogP contribution is -2.31. The number of rotatable bonds is 2. The SMILES string of the molecule is O=NNC1NCCS1. The molecule has 4 nitrogen and oxygen atoms in total. The summed E-state index contributed by atoms with van der Waals surface area (Å²) in [6.07, 6.45) is 0. The summed E-state index contributed by atoms with van der Waals surface area (Å²) in [4.78, 5) is 9.55. The topological polar surface area (TPSA) is 53.5 Å². The van der Waals surface area contributed by atoms with Crippen molar-refractivity contribution in [2.45, 2.75) is 5.50 Å². The van der Waals surface area contributed by atoms with Gasteiger partial charge >= 0.3 is 0 Å². The van der Waals surface area contributed by atoms with E-state index in [1.165, 1.54) is 0 Å². The molecule has 1 heterocycles. The largest absolute Gasteiger partial charge is 0.287 e. The molecule has 1 unspecified atom stereocenters. The van der Waals surface area contributed by atoms with Gasteiger partial charge in [0.15, 0.2) is 0 Å². The van der Waals surface area contributed by atoms with Crippen molar-refractivity contribution in [3.8, 4) is 0 Å². The second kappa shape index (κ2) is 2.88. The van der Waals surface area contributed by atoms with E-state index >= 15 is 0 Å². The third kappa shape index (κ3) is 1.34. The number of nitrogens with one attached hydrogen (secondary N) is 2. The first-order valence-corrected chi connectivity index (χ1v) is 3.41. The molecule has 0 amide bonds. The number of hydrogen-bond acceptors (Lipinski definition) is 4. The predicted molar refractivity (Wildman–Crippen MR) is 33.2 cm³/mol. The normalized spacial score (nSPS) is 27.8. The van der Waals surface area contributed by atoms with Crippen molar-refractivity contribution in [2.24, 2.45) is 5.29 Å². The zero-order valence-corrected chi connectivity index (χ0v) is 5.07. The van der Waals surface area contributed by atoms with Crippen LogP contribution in [-0.2, 0) is 0 Å². The second-order valence-electron chi connectivity index (χ2n) is 1.43. The Morgan fingerprint density at radius 2 is 2.75 bits per heavy atom. The third-order valence-electron chi connectivity index (χ3n) is 0.886. The Labute approximate surface area is 51.4 Å². The van der Waals surface area contributed by atoms with E-state index in [4.69, 9.17) is 0 Å². The number of thioether (sulfide) groups is 1. The van der Waals surface area contributed by atoms with Crippen LogP contribution in [0.2, 0.25) is 0 Å². The highest BCUT2D eigenvalue weighted by atomic mass is 32.2. The molecule has 8 heavy (non-hydrogen) atoms. The summed E-state index contributed by atoms with van der Waals surface area (Å²) in [7, 11) is 0. The summed E-state index contributed by atoms with van der Waals surface area (Å²) in [5.74, 6) is 1.05. The van der Waals surface area contributed by atoms with Crippen molar-refractivity contribution in [1.82, 2.24) is 10.7 Å². The minimum atomic E-state index is 0.0486. The zero-order valence-electron chi connectivity index (χ0n) is 4.26. The van der Waals surface area contributed by atoms with Crippen LogP contribution in [0.5, 0.6) is 0 Å². The quantitative estimate of drug-likeness (QED) is 0.407. The summed E-state index contributed by atoms with van der Waals surface area (Å²) in [5.41, 5.74) is 2.41. The van der Waals surface area contributed by atoms with Crippen molar-refractivity contribution in [2.75, 3.05) is 12.3 Å². The van der Waals surface area contributed by atoms with Crippen LogP contribution >= 0.6 is 11.8 Å². The summed E-state index contributed by atoms with van der Waals surface area (Å²) in [5, 5.41) is 5.55. The van der Waals surface area contributed by atoms with E-state index < -0.39 is 0 Å². The number of nitroso groups, excluding NO2 is 1. The van der Waals surface area contributed by atoms with E-state index in [2.05, 4.69) is 16.0 Å². The molecule has 0 radical (unpaired) electrons. The van der Waals surface area contributed by atoms with Gasteiger partial charge in [-0.25, -0.2) is 5.43 Å². The molecule has 2 N–H and O–H groups in total. The fourth-order valence-corrected chi connectivity index (χ4v) is 1.38. The van der Waals surface area contributed by atoms with Crippen LogP contribution < -0.4 is 10.7 Å². The minimum Gasteiger partial charge on any atom is -0.287 e. The Bertz CT molecular complexity index is 82.6. The van der Waals surface area contributed by atoms with Crippen molar-refractivity contribution in [3.63, 3.8) is 0 Å². The molecule has 46 valence electrons. The maximum atomic E-state index is 9.55. The van der Waals surface area contributed by atoms with Gasteiger partial charge in [0.2, 0.25) is 0 Å². The average Bonchev–Trinajstić information content (AvgIpc) is 2.19. The van der Waals surface area contributed by atoms with Crippen molar-refractivity contribution >= 4 is 11.8 Å². The zero-order chi connectivity index (χ0) is 5.82. The highest BCUT2D eigenvalue weighted by molar-refractivity contribution is 8.00. The van der Waals surface area contributed by atoms with E-state index in [0.717, 1.165) is 12.3 Å². The standard InChI is InChI=1S/C3H7N3OS/c7-6-5-3-4-1-2-8-3/h3-4H,1-2H2,(H,5,7). The molecule has 0 spiro atoms. The molecule has 1 rings (SSSR count). The molecule has 0 aliphatic carbocycles. The lowest BCUT2D eigenvalue weighted by atomic mass is 10.8. The van der Waals surface area contributed by atoms with Gasteiger partial charge in [-0.15, -0.1) is 16.7 Å². The Hall–Kier alpha value is -0.290. The summed E-state index contributed by atoms with van der Waals surface area (Å²) < 4.78 is 0. The second-order valence-corrected chi connectivity index (χ2v) is 2.64. The van der Waals surface area contributed by atoms with Crippen LogP contribution in [0.4, 0.5) is 0 Å². The van der Waals surface area contributed by atoms with Gasteiger partial charge in [-0.1, -0.05) is 0 Å². The predicted octanol–water partition coefficient (Wildman–Crippen LogP) is -0.123. The average molecular weight is 133 g/mol. The van der Waals surface area contributed by atoms with Gasteiger partial charge in [0, 0.05) is 12.3 Å². The van der Waals surface area contributed by atoms with Crippen LogP contribution in [0.1, 0.15) is 0 Å². The maximum Gasteiger partial charge on any atom is 0.144 e. The van der Waals surface area contributed by atoms with Crippen molar-refractivity contribution in [1.29, 1.82) is 0 Å². The molecule has 0 aromatic heterocycles. The first-order valence-electron chi connectivity index (χ1n) is 2.36. The molecule has 0 bridgehead atoms. The highest BCUT2D eigenvalue weighted by Gasteiger charge is 2.12. The monoisotopic (exact) mass is 133 g/mol. The lowest BCUT2D eigenvalue weighted by molar-refractivity contribution is 0.599. The number of nitrogens with zero attached hydrogens (tertiary/aromatic N) is 1. The van der Waals surface area contributed by atoms with Gasteiger partial charge in [-0.3, -0.25) is 5.32 Å². The smallest absolute Gasteiger partial charge is 0.144 e. The fourth-order valence-electron chi connectivity index (χ4n) is 0.557.